The summed E-state index contributed by atoms with van der Waals surface area (Å²) in [7, 11) is 0. The minimum atomic E-state index is -0.141. The van der Waals surface area contributed by atoms with E-state index in [1.165, 1.54) is 30.4 Å². The van der Waals surface area contributed by atoms with Gasteiger partial charge in [0.2, 0.25) is 0 Å². The van der Waals surface area contributed by atoms with E-state index in [9.17, 15) is 4.79 Å². The van der Waals surface area contributed by atoms with E-state index in [0.29, 0.717) is 5.92 Å². The van der Waals surface area contributed by atoms with Crippen LogP contribution in [0.1, 0.15) is 45.1 Å². The molecule has 0 saturated heterocycles. The molecule has 20 heavy (non-hydrogen) atoms. The van der Waals surface area contributed by atoms with Crippen LogP contribution in [0.15, 0.2) is 24.3 Å². The standard InChI is InChI=1S/C18H27NO/c1-4-19(17-9-5-7-15(2)11-17)13-18(14-20)10-6-8-16(3)12-18/h5,7,9,11,14,16H,4,6,8,10,12-13H2,1-3H3. The number of aldehydes is 1. The second kappa shape index (κ2) is 6.43. The van der Waals surface area contributed by atoms with Gasteiger partial charge in [-0.25, -0.2) is 0 Å². The molecule has 1 fully saturated rings. The molecule has 2 unspecified atom stereocenters. The lowest BCUT2D eigenvalue weighted by molar-refractivity contribution is -0.118. The number of carbonyl (C=O) groups excluding carboxylic acids is 1. The van der Waals surface area contributed by atoms with Gasteiger partial charge in [0.05, 0.1) is 0 Å². The quantitative estimate of drug-likeness (QED) is 0.749. The number of rotatable bonds is 5. The number of hydrogen-bond acceptors (Lipinski definition) is 2. The molecular formula is C18H27NO. The Morgan fingerprint density at radius 3 is 2.85 bits per heavy atom. The van der Waals surface area contributed by atoms with Crippen molar-refractivity contribution in [3.63, 3.8) is 0 Å². The predicted octanol–water partition coefficient (Wildman–Crippen LogP) is 4.22. The molecule has 2 rings (SSSR count). The zero-order chi connectivity index (χ0) is 14.6. The minimum Gasteiger partial charge on any atom is -0.371 e. The molecule has 0 heterocycles. The highest BCUT2D eigenvalue weighted by Gasteiger charge is 2.36. The fourth-order valence-electron chi connectivity index (χ4n) is 3.58. The van der Waals surface area contributed by atoms with Crippen LogP contribution in [0.3, 0.4) is 0 Å². The Kier molecular flexibility index (Phi) is 4.85. The molecule has 1 aliphatic rings. The molecule has 0 aromatic heterocycles. The van der Waals surface area contributed by atoms with Crippen molar-refractivity contribution in [1.29, 1.82) is 0 Å². The van der Waals surface area contributed by atoms with Gasteiger partial charge in [0.25, 0.3) is 0 Å². The third-order valence-corrected chi connectivity index (χ3v) is 4.63. The Labute approximate surface area is 123 Å². The fourth-order valence-corrected chi connectivity index (χ4v) is 3.58. The van der Waals surface area contributed by atoms with E-state index in [2.05, 4.69) is 49.9 Å². The summed E-state index contributed by atoms with van der Waals surface area (Å²) in [6.45, 7) is 8.39. The van der Waals surface area contributed by atoms with Crippen LogP contribution in [0.2, 0.25) is 0 Å². The Hall–Kier alpha value is -1.31. The number of hydrogen-bond donors (Lipinski definition) is 0. The van der Waals surface area contributed by atoms with Gasteiger partial charge in [0.15, 0.2) is 0 Å². The number of nitrogens with zero attached hydrogens (tertiary/aromatic N) is 1. The highest BCUT2D eigenvalue weighted by molar-refractivity contribution is 5.62. The van der Waals surface area contributed by atoms with E-state index in [1.807, 2.05) is 0 Å². The molecule has 110 valence electrons. The molecule has 0 radical (unpaired) electrons. The summed E-state index contributed by atoms with van der Waals surface area (Å²) in [4.78, 5) is 14.1. The van der Waals surface area contributed by atoms with Crippen molar-refractivity contribution in [3.8, 4) is 0 Å². The van der Waals surface area contributed by atoms with Crippen LogP contribution < -0.4 is 4.90 Å². The molecular weight excluding hydrogens is 246 g/mol. The lowest BCUT2D eigenvalue weighted by Gasteiger charge is -2.40. The summed E-state index contributed by atoms with van der Waals surface area (Å²) in [5.74, 6) is 0.671. The molecule has 0 aliphatic heterocycles. The molecule has 1 aromatic rings. The minimum absolute atomic E-state index is 0.141. The summed E-state index contributed by atoms with van der Waals surface area (Å²) in [6, 6.07) is 8.59. The van der Waals surface area contributed by atoms with Crippen molar-refractivity contribution < 1.29 is 4.79 Å². The number of anilines is 1. The van der Waals surface area contributed by atoms with E-state index in [4.69, 9.17) is 0 Å². The van der Waals surface area contributed by atoms with E-state index >= 15 is 0 Å². The zero-order valence-corrected chi connectivity index (χ0v) is 13.1. The van der Waals surface area contributed by atoms with E-state index in [1.54, 1.807) is 0 Å². The van der Waals surface area contributed by atoms with Crippen LogP contribution in [0.5, 0.6) is 0 Å². The van der Waals surface area contributed by atoms with Crippen molar-refractivity contribution in [2.45, 2.75) is 46.5 Å². The topological polar surface area (TPSA) is 20.3 Å². The average molecular weight is 273 g/mol. The SMILES string of the molecule is CCN(CC1(C=O)CCCC(C)C1)c1cccc(C)c1. The smallest absolute Gasteiger partial charge is 0.127 e. The van der Waals surface area contributed by atoms with Crippen LogP contribution in [0.4, 0.5) is 5.69 Å². The molecule has 0 amide bonds. The van der Waals surface area contributed by atoms with E-state index in [0.717, 1.165) is 25.9 Å². The van der Waals surface area contributed by atoms with Crippen molar-refractivity contribution in [2.24, 2.45) is 11.3 Å². The Morgan fingerprint density at radius 2 is 2.25 bits per heavy atom. The highest BCUT2D eigenvalue weighted by atomic mass is 16.1. The van der Waals surface area contributed by atoms with Crippen LogP contribution in [-0.4, -0.2) is 19.4 Å². The second-order valence-corrected chi connectivity index (χ2v) is 6.53. The third-order valence-electron chi connectivity index (χ3n) is 4.63. The fraction of sp³-hybridized carbons (Fsp3) is 0.611. The lowest BCUT2D eigenvalue weighted by Crippen LogP contribution is -2.42. The Bertz CT molecular complexity index is 456. The Morgan fingerprint density at radius 1 is 1.45 bits per heavy atom. The molecule has 0 spiro atoms. The van der Waals surface area contributed by atoms with Gasteiger partial charge in [0, 0.05) is 24.2 Å². The van der Waals surface area contributed by atoms with Crippen LogP contribution in [-0.2, 0) is 4.79 Å². The number of carbonyl (C=O) groups is 1. The summed E-state index contributed by atoms with van der Waals surface area (Å²) in [6.07, 6.45) is 5.78. The average Bonchev–Trinajstić information content (AvgIpc) is 2.45. The molecule has 2 atom stereocenters. The molecule has 1 aromatic carbocycles. The van der Waals surface area contributed by atoms with Crippen LogP contribution in [0.25, 0.3) is 0 Å². The number of aryl methyl sites for hydroxylation is 1. The highest BCUT2D eigenvalue weighted by Crippen LogP contribution is 2.39. The maximum absolute atomic E-state index is 11.8. The van der Waals surface area contributed by atoms with Crippen molar-refractivity contribution in [2.75, 3.05) is 18.0 Å². The van der Waals surface area contributed by atoms with Gasteiger partial charge in [-0.15, -0.1) is 0 Å². The Balaban J connectivity index is 2.17. The van der Waals surface area contributed by atoms with Gasteiger partial charge < -0.3 is 9.69 Å². The van der Waals surface area contributed by atoms with Crippen molar-refractivity contribution in [3.05, 3.63) is 29.8 Å². The monoisotopic (exact) mass is 273 g/mol. The first-order valence-electron chi connectivity index (χ1n) is 7.86. The van der Waals surface area contributed by atoms with Gasteiger partial charge >= 0.3 is 0 Å². The molecule has 1 aliphatic carbocycles. The van der Waals surface area contributed by atoms with E-state index < -0.39 is 0 Å². The first-order chi connectivity index (χ1) is 9.58. The summed E-state index contributed by atoms with van der Waals surface area (Å²) in [5, 5.41) is 0. The maximum Gasteiger partial charge on any atom is 0.127 e. The van der Waals surface area contributed by atoms with Crippen LogP contribution in [0, 0.1) is 18.3 Å². The van der Waals surface area contributed by atoms with E-state index in [-0.39, 0.29) is 5.41 Å². The lowest BCUT2D eigenvalue weighted by atomic mass is 9.70. The van der Waals surface area contributed by atoms with Gasteiger partial charge in [0.1, 0.15) is 6.29 Å². The largest absolute Gasteiger partial charge is 0.371 e. The first-order valence-corrected chi connectivity index (χ1v) is 7.86. The van der Waals surface area contributed by atoms with Gasteiger partial charge in [-0.05, 0) is 50.3 Å². The van der Waals surface area contributed by atoms with Crippen molar-refractivity contribution in [1.82, 2.24) is 0 Å². The maximum atomic E-state index is 11.8. The van der Waals surface area contributed by atoms with Crippen LogP contribution >= 0.6 is 0 Å². The molecule has 0 N–H and O–H groups in total. The second-order valence-electron chi connectivity index (χ2n) is 6.53. The summed E-state index contributed by atoms with van der Waals surface area (Å²) >= 11 is 0. The molecule has 1 saturated carbocycles. The molecule has 2 nitrogen and oxygen atoms in total. The number of benzene rings is 1. The van der Waals surface area contributed by atoms with Gasteiger partial charge in [-0.2, -0.15) is 0 Å². The first kappa shape index (κ1) is 15.1. The third kappa shape index (κ3) is 3.41. The normalized spacial score (nSPS) is 26.2. The van der Waals surface area contributed by atoms with Gasteiger partial charge in [-0.1, -0.05) is 31.9 Å². The molecule has 0 bridgehead atoms. The molecule has 2 heteroatoms. The predicted molar refractivity (Wildman–Crippen MR) is 85.2 cm³/mol. The van der Waals surface area contributed by atoms with Gasteiger partial charge in [-0.3, -0.25) is 0 Å². The summed E-state index contributed by atoms with van der Waals surface area (Å²) < 4.78 is 0. The van der Waals surface area contributed by atoms with Crippen molar-refractivity contribution >= 4 is 12.0 Å². The zero-order valence-electron chi connectivity index (χ0n) is 13.1. The summed E-state index contributed by atoms with van der Waals surface area (Å²) in [5.41, 5.74) is 2.38.